The van der Waals surface area contributed by atoms with Gasteiger partial charge < -0.3 is 9.30 Å². The largest absolute Gasteiger partial charge is 0.457 e. The van der Waals surface area contributed by atoms with Gasteiger partial charge >= 0.3 is 0 Å². The van der Waals surface area contributed by atoms with Gasteiger partial charge in [-0.1, -0.05) is 185 Å². The van der Waals surface area contributed by atoms with E-state index in [-0.39, 0.29) is 5.92 Å². The van der Waals surface area contributed by atoms with Crippen LogP contribution in [-0.4, -0.2) is 17.0 Å². The quantitative estimate of drug-likeness (QED) is 0.0888. The molecule has 1 aliphatic heterocycles. The monoisotopic (exact) mass is 941 g/mol. The van der Waals surface area contributed by atoms with E-state index >= 15 is 0 Å². The molecule has 8 aromatic carbocycles. The molecule has 73 heavy (non-hydrogen) atoms. The second-order valence-electron chi connectivity index (χ2n) is 19.2. The SMILES string of the molecule is C=C/C=C(\C=C)C(/C=C(\N=C)c1ccccc1)=NCc1ccc(-n2c3ccccc3c3cc(-c4ccc5c(c4)C46C(=C(/C=C\CC)c7ccccc74)C(C)c4ccccc4Oc4ccc-5c6c4C)ccc32)cc1. The van der Waals surface area contributed by atoms with E-state index in [0.29, 0.717) is 6.54 Å². The third-order valence-corrected chi connectivity index (χ3v) is 15.3. The topological polar surface area (TPSA) is 38.9 Å². The van der Waals surface area contributed by atoms with Gasteiger partial charge in [0.2, 0.25) is 0 Å². The summed E-state index contributed by atoms with van der Waals surface area (Å²) in [6.07, 6.45) is 13.1. The van der Waals surface area contributed by atoms with Crippen LogP contribution >= 0.6 is 0 Å². The number of aromatic nitrogens is 1. The van der Waals surface area contributed by atoms with Gasteiger partial charge in [-0.3, -0.25) is 9.98 Å². The minimum atomic E-state index is -0.537. The minimum Gasteiger partial charge on any atom is -0.457 e. The van der Waals surface area contributed by atoms with E-state index < -0.39 is 5.41 Å². The zero-order valence-electron chi connectivity index (χ0n) is 41.6. The van der Waals surface area contributed by atoms with Gasteiger partial charge in [-0.25, -0.2) is 0 Å². The maximum absolute atomic E-state index is 6.93. The first kappa shape index (κ1) is 45.3. The Morgan fingerprint density at radius 3 is 2.23 bits per heavy atom. The van der Waals surface area contributed by atoms with Crippen LogP contribution in [0.2, 0.25) is 0 Å². The highest BCUT2D eigenvalue weighted by atomic mass is 16.5. The Bertz CT molecular complexity index is 3910. The number of hydrogen-bond acceptors (Lipinski definition) is 3. The highest BCUT2D eigenvalue weighted by Crippen LogP contribution is 2.67. The van der Waals surface area contributed by atoms with E-state index in [1.54, 1.807) is 12.2 Å². The average molecular weight is 942 g/mol. The summed E-state index contributed by atoms with van der Waals surface area (Å²) in [5.74, 6) is 1.87. The fraction of sp³-hybridized carbons (Fsp3) is 0.101. The van der Waals surface area contributed by atoms with Gasteiger partial charge in [-0.2, -0.15) is 0 Å². The number of allylic oxidation sites excluding steroid dienone is 9. The van der Waals surface area contributed by atoms with Crippen molar-refractivity contribution in [3.05, 3.63) is 281 Å². The van der Waals surface area contributed by atoms with E-state index in [2.05, 4.69) is 208 Å². The van der Waals surface area contributed by atoms with Crippen molar-refractivity contribution in [2.75, 3.05) is 0 Å². The Labute approximate surface area is 428 Å². The maximum atomic E-state index is 6.93. The van der Waals surface area contributed by atoms with Crippen LogP contribution in [0.3, 0.4) is 0 Å². The average Bonchev–Trinajstić information content (AvgIpc) is 4.06. The van der Waals surface area contributed by atoms with Crippen LogP contribution in [0, 0.1) is 6.92 Å². The number of rotatable bonds is 12. The smallest absolute Gasteiger partial charge is 0.131 e. The third kappa shape index (κ3) is 7.19. The van der Waals surface area contributed by atoms with Gasteiger partial charge in [0.1, 0.15) is 11.5 Å². The molecular weight excluding hydrogens is 887 g/mol. The highest BCUT2D eigenvalue weighted by molar-refractivity contribution is 6.14. The predicted octanol–water partition coefficient (Wildman–Crippen LogP) is 17.7. The molecule has 2 heterocycles. The van der Waals surface area contributed by atoms with Gasteiger partial charge in [-0.15, -0.1) is 0 Å². The Kier molecular flexibility index (Phi) is 11.4. The maximum Gasteiger partial charge on any atom is 0.131 e. The first-order valence-corrected chi connectivity index (χ1v) is 25.3. The van der Waals surface area contributed by atoms with Crippen molar-refractivity contribution in [2.24, 2.45) is 9.98 Å². The van der Waals surface area contributed by atoms with Gasteiger partial charge in [-0.05, 0) is 147 Å². The number of nitrogens with zero attached hydrogens (tertiary/aromatic N) is 3. The van der Waals surface area contributed by atoms with Crippen LogP contribution in [0.25, 0.3) is 61.0 Å². The number of hydrogen-bond donors (Lipinski definition) is 0. The fourth-order valence-corrected chi connectivity index (χ4v) is 12.1. The molecule has 1 spiro atoms. The lowest BCUT2D eigenvalue weighted by Crippen LogP contribution is -2.30. The first-order valence-electron chi connectivity index (χ1n) is 25.3. The van der Waals surface area contributed by atoms with Gasteiger partial charge in [0.05, 0.1) is 34.4 Å². The van der Waals surface area contributed by atoms with Crippen molar-refractivity contribution in [2.45, 2.75) is 45.1 Å². The third-order valence-electron chi connectivity index (χ3n) is 15.3. The summed E-state index contributed by atoms with van der Waals surface area (Å²) in [6, 6.07) is 64.1. The summed E-state index contributed by atoms with van der Waals surface area (Å²) in [7, 11) is 0. The van der Waals surface area contributed by atoms with Crippen molar-refractivity contribution in [3.8, 4) is 39.4 Å². The van der Waals surface area contributed by atoms with E-state index in [4.69, 9.17) is 9.73 Å². The molecule has 1 aromatic heterocycles. The van der Waals surface area contributed by atoms with Crippen molar-refractivity contribution in [1.82, 2.24) is 4.57 Å². The lowest BCUT2D eigenvalue weighted by Gasteiger charge is -2.36. The summed E-state index contributed by atoms with van der Waals surface area (Å²) >= 11 is 0. The highest BCUT2D eigenvalue weighted by Gasteiger charge is 2.55. The Morgan fingerprint density at radius 1 is 0.699 bits per heavy atom. The van der Waals surface area contributed by atoms with E-state index in [9.17, 15) is 0 Å². The molecule has 0 saturated heterocycles. The molecule has 0 fully saturated rings. The van der Waals surface area contributed by atoms with Crippen LogP contribution in [0.15, 0.2) is 247 Å². The number of benzene rings is 8. The number of ether oxygens (including phenoxy) is 1. The van der Waals surface area contributed by atoms with Crippen molar-refractivity contribution >= 4 is 45.5 Å². The molecule has 4 heteroatoms. The molecule has 12 rings (SSSR count). The summed E-state index contributed by atoms with van der Waals surface area (Å²) < 4.78 is 9.32. The molecule has 9 aromatic rings. The zero-order chi connectivity index (χ0) is 49.8. The second-order valence-corrected chi connectivity index (χ2v) is 19.2. The Hall–Kier alpha value is -8.86. The number of para-hydroxylation sites is 2. The van der Waals surface area contributed by atoms with Gasteiger partial charge in [0.15, 0.2) is 0 Å². The van der Waals surface area contributed by atoms with Crippen LogP contribution < -0.4 is 4.74 Å². The van der Waals surface area contributed by atoms with Crippen LogP contribution in [0.4, 0.5) is 0 Å². The molecule has 0 saturated carbocycles. The number of aliphatic imine (C=N–C) groups is 2. The predicted molar refractivity (Wildman–Crippen MR) is 308 cm³/mol. The molecule has 2 bridgehead atoms. The minimum absolute atomic E-state index is 0.0488. The van der Waals surface area contributed by atoms with Crippen LogP contribution in [-0.2, 0) is 12.0 Å². The summed E-state index contributed by atoms with van der Waals surface area (Å²) in [5, 5.41) is 2.42. The van der Waals surface area contributed by atoms with Gasteiger partial charge in [0.25, 0.3) is 0 Å². The molecule has 0 radical (unpaired) electrons. The van der Waals surface area contributed by atoms with Crippen LogP contribution in [0.5, 0.6) is 11.5 Å². The van der Waals surface area contributed by atoms with E-state index in [0.717, 1.165) is 62.7 Å². The molecule has 2 atom stereocenters. The molecule has 2 aliphatic carbocycles. The fourth-order valence-electron chi connectivity index (χ4n) is 12.1. The normalized spacial score (nSPS) is 16.9. The van der Waals surface area contributed by atoms with E-state index in [1.165, 1.54) is 77.6 Å². The Morgan fingerprint density at radius 2 is 1.42 bits per heavy atom. The van der Waals surface area contributed by atoms with Crippen molar-refractivity contribution < 1.29 is 4.74 Å². The van der Waals surface area contributed by atoms with Gasteiger partial charge in [0, 0.05) is 33.5 Å². The second kappa shape index (κ2) is 18.4. The summed E-state index contributed by atoms with van der Waals surface area (Å²) in [5.41, 5.74) is 22.6. The molecule has 0 N–H and O–H groups in total. The molecule has 3 aliphatic rings. The summed E-state index contributed by atoms with van der Waals surface area (Å²) in [6.45, 7) is 19.2. The summed E-state index contributed by atoms with van der Waals surface area (Å²) in [4.78, 5) is 9.45. The van der Waals surface area contributed by atoms with Crippen molar-refractivity contribution in [1.29, 1.82) is 0 Å². The standard InChI is InChI=1S/C69H55N3O/c1-7-10-23-56-53-25-14-17-27-59(53)69-60-41-50(32-36-54(60)57-37-39-65(45(5)68(57)69)73-66-29-19-16-24-52(66)44(4)67(56)69)49-33-38-64-58(40-49)55-26-15-18-28-63(55)72(64)51-34-30-46(31-35-51)43-71-62(47(9-3)20-8-2)42-61(70-6)48-21-12-11-13-22-48/h8-42,44H,2-3,6-7,43H2,1,4-5H3/b23-10-,47-20+,61-42-,71-62?. The zero-order valence-corrected chi connectivity index (χ0v) is 41.6. The Balaban J connectivity index is 0.972. The molecule has 2 unspecified atom stereocenters. The first-order chi connectivity index (χ1) is 35.9. The van der Waals surface area contributed by atoms with Crippen LogP contribution in [0.1, 0.15) is 70.7 Å². The molecular formula is C69H55N3O. The number of fused-ring (bicyclic) bond motifs is 8. The molecule has 4 nitrogen and oxygen atoms in total. The lowest BCUT2D eigenvalue weighted by atomic mass is 9.64. The van der Waals surface area contributed by atoms with E-state index in [1.807, 2.05) is 42.5 Å². The molecule has 0 amide bonds. The lowest BCUT2D eigenvalue weighted by molar-refractivity contribution is 0.471. The molecule has 352 valence electrons. The van der Waals surface area contributed by atoms with Crippen molar-refractivity contribution in [3.63, 3.8) is 0 Å².